The van der Waals surface area contributed by atoms with Crippen LogP contribution in [0.1, 0.15) is 28.2 Å². The summed E-state index contributed by atoms with van der Waals surface area (Å²) in [5, 5.41) is 3.63. The molecule has 2 atom stereocenters. The quantitative estimate of drug-likeness (QED) is 0.220. The van der Waals surface area contributed by atoms with Crippen LogP contribution in [0.3, 0.4) is 0 Å². The van der Waals surface area contributed by atoms with Gasteiger partial charge in [-0.1, -0.05) is 140 Å². The summed E-state index contributed by atoms with van der Waals surface area (Å²) in [6, 6.07) is 54.5. The van der Waals surface area contributed by atoms with Crippen LogP contribution in [-0.2, 0) is 5.41 Å². The standard InChI is InChI=1S/C43H31NO/c1-2-11-29(12-3-1)30-21-25-32(26-22-30)44-33-27-23-31(24-28-33)43(38-17-7-4-13-34(38)35-14-5-8-18-39(35)43)40-19-10-16-37-36-15-6-9-20-41(36)45-42(37)40/h1-28,37,42,44H. The lowest BCUT2D eigenvalue weighted by Gasteiger charge is -2.40. The molecule has 2 heteroatoms. The van der Waals surface area contributed by atoms with Crippen LogP contribution in [0.25, 0.3) is 22.3 Å². The van der Waals surface area contributed by atoms with Crippen molar-refractivity contribution in [3.63, 3.8) is 0 Å². The molecule has 9 rings (SSSR count). The molecule has 214 valence electrons. The van der Waals surface area contributed by atoms with E-state index in [9.17, 15) is 0 Å². The lowest BCUT2D eigenvalue weighted by molar-refractivity contribution is 0.242. The van der Waals surface area contributed by atoms with Gasteiger partial charge in [0.25, 0.3) is 0 Å². The number of nitrogens with one attached hydrogen (secondary N) is 1. The summed E-state index contributed by atoms with van der Waals surface area (Å²) in [7, 11) is 0. The van der Waals surface area contributed by atoms with Gasteiger partial charge in [0.1, 0.15) is 11.9 Å². The van der Waals surface area contributed by atoms with Gasteiger partial charge in [-0.15, -0.1) is 0 Å². The largest absolute Gasteiger partial charge is 0.485 e. The number of ether oxygens (including phenoxy) is 1. The average Bonchev–Trinajstić information content (AvgIpc) is 3.64. The SMILES string of the molecule is C1=CC2c3ccccc3OC2C(C2(c3ccc(Nc4ccc(-c5ccccc5)cc4)cc3)c3ccccc3-c3ccccc32)=C1. The maximum atomic E-state index is 6.82. The second-order valence-corrected chi connectivity index (χ2v) is 12.1. The third-order valence-electron chi connectivity index (χ3n) is 9.74. The zero-order valence-corrected chi connectivity index (χ0v) is 24.7. The molecule has 6 aromatic rings. The van der Waals surface area contributed by atoms with Crippen molar-refractivity contribution in [3.05, 3.63) is 198 Å². The van der Waals surface area contributed by atoms with Gasteiger partial charge < -0.3 is 10.1 Å². The van der Waals surface area contributed by atoms with E-state index in [0.29, 0.717) is 0 Å². The molecule has 0 saturated carbocycles. The molecule has 0 saturated heterocycles. The van der Waals surface area contributed by atoms with E-state index < -0.39 is 5.41 Å². The van der Waals surface area contributed by atoms with Crippen molar-refractivity contribution in [1.82, 2.24) is 0 Å². The van der Waals surface area contributed by atoms with Crippen LogP contribution >= 0.6 is 0 Å². The number of benzene rings is 6. The van der Waals surface area contributed by atoms with Crippen molar-refractivity contribution in [3.8, 4) is 28.0 Å². The Morgan fingerprint density at radius 3 is 1.82 bits per heavy atom. The minimum absolute atomic E-state index is 0.0902. The van der Waals surface area contributed by atoms with Gasteiger partial charge in [-0.2, -0.15) is 0 Å². The van der Waals surface area contributed by atoms with Gasteiger partial charge in [0.05, 0.1) is 5.41 Å². The number of fused-ring (bicyclic) bond motifs is 6. The fourth-order valence-electron chi connectivity index (χ4n) is 7.78. The minimum atomic E-state index is -0.487. The molecule has 0 bridgehead atoms. The smallest absolute Gasteiger partial charge is 0.132 e. The molecule has 1 N–H and O–H groups in total. The Kier molecular flexibility index (Phi) is 5.89. The van der Waals surface area contributed by atoms with Crippen molar-refractivity contribution in [1.29, 1.82) is 0 Å². The maximum absolute atomic E-state index is 6.82. The highest BCUT2D eigenvalue weighted by Gasteiger charge is 2.52. The first-order chi connectivity index (χ1) is 22.3. The monoisotopic (exact) mass is 577 g/mol. The molecule has 6 aromatic carbocycles. The van der Waals surface area contributed by atoms with E-state index in [2.05, 4.69) is 175 Å². The highest BCUT2D eigenvalue weighted by atomic mass is 16.5. The lowest BCUT2D eigenvalue weighted by atomic mass is 9.63. The first-order valence-corrected chi connectivity index (χ1v) is 15.7. The van der Waals surface area contributed by atoms with Crippen LogP contribution in [0.15, 0.2) is 175 Å². The van der Waals surface area contributed by atoms with Crippen molar-refractivity contribution in [2.24, 2.45) is 0 Å². The Hall–Kier alpha value is -5.60. The van der Waals surface area contributed by atoms with Gasteiger partial charge in [-0.05, 0) is 74.8 Å². The summed E-state index contributed by atoms with van der Waals surface area (Å²) in [5.41, 5.74) is 13.0. The van der Waals surface area contributed by atoms with Crippen LogP contribution in [-0.4, -0.2) is 6.10 Å². The van der Waals surface area contributed by atoms with E-state index in [1.807, 2.05) is 0 Å². The summed E-state index contributed by atoms with van der Waals surface area (Å²) >= 11 is 0. The molecule has 3 aliphatic rings. The van der Waals surface area contributed by atoms with Gasteiger partial charge in [-0.25, -0.2) is 0 Å². The fourth-order valence-corrected chi connectivity index (χ4v) is 7.78. The normalized spacial score (nSPS) is 18.2. The Morgan fingerprint density at radius 1 is 0.533 bits per heavy atom. The molecule has 0 spiro atoms. The second kappa shape index (κ2) is 10.2. The van der Waals surface area contributed by atoms with Gasteiger partial charge in [0.15, 0.2) is 0 Å². The maximum Gasteiger partial charge on any atom is 0.132 e. The third-order valence-corrected chi connectivity index (χ3v) is 9.74. The summed E-state index contributed by atoms with van der Waals surface area (Å²) < 4.78 is 6.82. The molecule has 1 heterocycles. The molecular formula is C43H31NO. The molecule has 2 nitrogen and oxygen atoms in total. The molecule has 0 radical (unpaired) electrons. The Bertz CT molecular complexity index is 2060. The van der Waals surface area contributed by atoms with Crippen LogP contribution in [0, 0.1) is 0 Å². The van der Waals surface area contributed by atoms with Gasteiger partial charge in [-0.3, -0.25) is 0 Å². The number of hydrogen-bond donors (Lipinski definition) is 1. The molecule has 1 aliphatic heterocycles. The number of rotatable bonds is 5. The fraction of sp³-hybridized carbons (Fsp3) is 0.0698. The summed E-state index contributed by atoms with van der Waals surface area (Å²) in [4.78, 5) is 0. The minimum Gasteiger partial charge on any atom is -0.485 e. The zero-order chi connectivity index (χ0) is 29.8. The third kappa shape index (κ3) is 3.96. The molecule has 2 unspecified atom stereocenters. The van der Waals surface area contributed by atoms with Crippen LogP contribution in [0.4, 0.5) is 11.4 Å². The second-order valence-electron chi connectivity index (χ2n) is 12.1. The van der Waals surface area contributed by atoms with Crippen LogP contribution < -0.4 is 10.1 Å². The molecular weight excluding hydrogens is 546 g/mol. The van der Waals surface area contributed by atoms with Crippen molar-refractivity contribution in [2.75, 3.05) is 5.32 Å². The topological polar surface area (TPSA) is 21.3 Å². The highest BCUT2D eigenvalue weighted by Crippen LogP contribution is 2.60. The molecule has 45 heavy (non-hydrogen) atoms. The molecule has 0 amide bonds. The van der Waals surface area contributed by atoms with E-state index in [4.69, 9.17) is 4.74 Å². The Morgan fingerprint density at radius 2 is 1.11 bits per heavy atom. The highest BCUT2D eigenvalue weighted by molar-refractivity contribution is 5.87. The van der Waals surface area contributed by atoms with Crippen molar-refractivity contribution in [2.45, 2.75) is 17.4 Å². The number of hydrogen-bond acceptors (Lipinski definition) is 2. The Balaban J connectivity index is 1.14. The van der Waals surface area contributed by atoms with Crippen LogP contribution in [0.5, 0.6) is 5.75 Å². The zero-order valence-electron chi connectivity index (χ0n) is 24.7. The van der Waals surface area contributed by atoms with E-state index in [1.54, 1.807) is 0 Å². The summed E-state index contributed by atoms with van der Waals surface area (Å²) in [6.45, 7) is 0. The van der Waals surface area contributed by atoms with Gasteiger partial charge in [0.2, 0.25) is 0 Å². The summed E-state index contributed by atoms with van der Waals surface area (Å²) in [5.74, 6) is 1.16. The molecule has 2 aliphatic carbocycles. The van der Waals surface area contributed by atoms with E-state index in [1.165, 1.54) is 50.1 Å². The van der Waals surface area contributed by atoms with Gasteiger partial charge >= 0.3 is 0 Å². The molecule has 0 fully saturated rings. The number of anilines is 2. The number of para-hydroxylation sites is 1. The lowest BCUT2D eigenvalue weighted by Crippen LogP contribution is -2.39. The first-order valence-electron chi connectivity index (χ1n) is 15.7. The van der Waals surface area contributed by atoms with E-state index in [0.717, 1.165) is 17.1 Å². The number of allylic oxidation sites excluding steroid dienone is 2. The first kappa shape index (κ1) is 25.9. The van der Waals surface area contributed by atoms with Crippen molar-refractivity contribution >= 4 is 11.4 Å². The molecule has 0 aromatic heterocycles. The van der Waals surface area contributed by atoms with Crippen molar-refractivity contribution < 1.29 is 4.74 Å². The van der Waals surface area contributed by atoms with E-state index >= 15 is 0 Å². The van der Waals surface area contributed by atoms with Crippen LogP contribution in [0.2, 0.25) is 0 Å². The predicted octanol–water partition coefficient (Wildman–Crippen LogP) is 10.5. The van der Waals surface area contributed by atoms with E-state index in [-0.39, 0.29) is 12.0 Å². The predicted molar refractivity (Wildman–Crippen MR) is 184 cm³/mol. The Labute approximate surface area is 264 Å². The van der Waals surface area contributed by atoms with Gasteiger partial charge in [0, 0.05) is 22.9 Å². The average molecular weight is 578 g/mol. The summed E-state index contributed by atoms with van der Waals surface area (Å²) in [6.07, 6.45) is 6.76.